The standard InChI is InChI=1S/C21H23F2N5OS/c22-14-1-6-17(18(23)13-14)19-20(24)26-21(30-19)25-15-2-4-16(5-3-15)28-9-7-27(8-10-28)11-12-29/h1-6,13,29H,7-12,24H2,(H,25,26). The normalized spacial score (nSPS) is 14.8. The first-order valence-corrected chi connectivity index (χ1v) is 10.5. The van der Waals surface area contributed by atoms with Crippen molar-refractivity contribution in [2.24, 2.45) is 0 Å². The molecule has 4 N–H and O–H groups in total. The van der Waals surface area contributed by atoms with E-state index < -0.39 is 11.6 Å². The molecule has 1 aromatic heterocycles. The lowest BCUT2D eigenvalue weighted by Gasteiger charge is -2.35. The number of anilines is 4. The van der Waals surface area contributed by atoms with E-state index in [1.54, 1.807) is 0 Å². The molecule has 0 amide bonds. The van der Waals surface area contributed by atoms with Gasteiger partial charge in [-0.15, -0.1) is 0 Å². The maximum atomic E-state index is 14.1. The molecular formula is C21H23F2N5OS. The van der Waals surface area contributed by atoms with E-state index in [2.05, 4.69) is 20.1 Å². The summed E-state index contributed by atoms with van der Waals surface area (Å²) >= 11 is 1.22. The summed E-state index contributed by atoms with van der Waals surface area (Å²) in [4.78, 5) is 9.30. The molecule has 1 aliphatic heterocycles. The Labute approximate surface area is 177 Å². The van der Waals surface area contributed by atoms with E-state index in [-0.39, 0.29) is 18.0 Å². The molecular weight excluding hydrogens is 408 g/mol. The average molecular weight is 432 g/mol. The number of nitrogens with two attached hydrogens (primary N) is 1. The Morgan fingerprint density at radius 2 is 1.80 bits per heavy atom. The number of rotatable bonds is 6. The molecule has 0 aliphatic carbocycles. The maximum absolute atomic E-state index is 14.1. The Hall–Kier alpha value is -2.75. The number of aromatic nitrogens is 1. The minimum absolute atomic E-state index is 0.192. The van der Waals surface area contributed by atoms with Crippen LogP contribution in [0.25, 0.3) is 10.4 Å². The number of nitrogens with one attached hydrogen (secondary N) is 1. The molecule has 158 valence electrons. The lowest BCUT2D eigenvalue weighted by atomic mass is 10.2. The molecule has 1 fully saturated rings. The maximum Gasteiger partial charge on any atom is 0.189 e. The smallest absolute Gasteiger partial charge is 0.189 e. The molecule has 0 atom stereocenters. The third kappa shape index (κ3) is 4.53. The van der Waals surface area contributed by atoms with Gasteiger partial charge in [0, 0.05) is 55.7 Å². The quantitative estimate of drug-likeness (QED) is 0.554. The molecule has 0 spiro atoms. The second-order valence-corrected chi connectivity index (χ2v) is 8.08. The van der Waals surface area contributed by atoms with Gasteiger partial charge in [-0.1, -0.05) is 11.3 Å². The molecule has 0 saturated carbocycles. The van der Waals surface area contributed by atoms with Crippen LogP contribution in [0.3, 0.4) is 0 Å². The molecule has 1 aliphatic rings. The van der Waals surface area contributed by atoms with Crippen molar-refractivity contribution in [3.05, 3.63) is 54.1 Å². The first kappa shape index (κ1) is 20.5. The van der Waals surface area contributed by atoms with Crippen molar-refractivity contribution in [1.82, 2.24) is 9.88 Å². The minimum Gasteiger partial charge on any atom is -0.395 e. The molecule has 3 aromatic rings. The molecule has 0 unspecified atom stereocenters. The summed E-state index contributed by atoms with van der Waals surface area (Å²) in [5.74, 6) is -1.10. The van der Waals surface area contributed by atoms with Gasteiger partial charge < -0.3 is 21.1 Å². The average Bonchev–Trinajstić information content (AvgIpc) is 3.09. The first-order valence-electron chi connectivity index (χ1n) is 9.70. The van der Waals surface area contributed by atoms with Gasteiger partial charge in [0.1, 0.15) is 17.5 Å². The van der Waals surface area contributed by atoms with Crippen molar-refractivity contribution in [3.8, 4) is 10.4 Å². The highest BCUT2D eigenvalue weighted by Gasteiger charge is 2.17. The second-order valence-electron chi connectivity index (χ2n) is 7.08. The number of aliphatic hydroxyl groups excluding tert-OH is 1. The fraction of sp³-hybridized carbons (Fsp3) is 0.286. The van der Waals surface area contributed by atoms with E-state index >= 15 is 0 Å². The SMILES string of the molecule is Nc1nc(Nc2ccc(N3CCN(CCO)CC3)cc2)sc1-c1ccc(F)cc1F. The summed E-state index contributed by atoms with van der Waals surface area (Å²) in [6, 6.07) is 11.4. The molecule has 2 aromatic carbocycles. The number of piperazine rings is 1. The van der Waals surface area contributed by atoms with Crippen LogP contribution in [0, 0.1) is 11.6 Å². The Balaban J connectivity index is 1.43. The molecule has 30 heavy (non-hydrogen) atoms. The topological polar surface area (TPSA) is 77.7 Å². The number of halogens is 2. The first-order chi connectivity index (χ1) is 14.5. The van der Waals surface area contributed by atoms with Crippen LogP contribution in [-0.2, 0) is 0 Å². The molecule has 9 heteroatoms. The van der Waals surface area contributed by atoms with E-state index in [1.165, 1.54) is 23.5 Å². The fourth-order valence-corrected chi connectivity index (χ4v) is 4.43. The van der Waals surface area contributed by atoms with Crippen LogP contribution in [0.1, 0.15) is 0 Å². The van der Waals surface area contributed by atoms with Gasteiger partial charge in [0.15, 0.2) is 5.13 Å². The number of nitrogens with zero attached hydrogens (tertiary/aromatic N) is 3. The lowest BCUT2D eigenvalue weighted by Crippen LogP contribution is -2.47. The zero-order valence-corrected chi connectivity index (χ0v) is 17.1. The number of β-amino-alcohol motifs (C(OH)–C–C–N with tert-alkyl or cyclic N) is 1. The summed E-state index contributed by atoms with van der Waals surface area (Å²) in [6.07, 6.45) is 0. The second kappa shape index (κ2) is 8.95. The number of hydrogen-bond acceptors (Lipinski definition) is 7. The summed E-state index contributed by atoms with van der Waals surface area (Å²) in [7, 11) is 0. The summed E-state index contributed by atoms with van der Waals surface area (Å²) in [6.45, 7) is 4.61. The summed E-state index contributed by atoms with van der Waals surface area (Å²) in [5.41, 5.74) is 8.17. The Morgan fingerprint density at radius 3 is 2.47 bits per heavy atom. The lowest BCUT2D eigenvalue weighted by molar-refractivity contribution is 0.189. The third-order valence-electron chi connectivity index (χ3n) is 5.10. The van der Waals surface area contributed by atoms with Gasteiger partial charge in [-0.2, -0.15) is 0 Å². The van der Waals surface area contributed by atoms with Gasteiger partial charge in [-0.25, -0.2) is 13.8 Å². The van der Waals surface area contributed by atoms with Crippen LogP contribution in [0.2, 0.25) is 0 Å². The number of thiazole rings is 1. The highest BCUT2D eigenvalue weighted by Crippen LogP contribution is 2.37. The summed E-state index contributed by atoms with van der Waals surface area (Å²) < 4.78 is 27.2. The molecule has 0 bridgehead atoms. The zero-order chi connectivity index (χ0) is 21.1. The van der Waals surface area contributed by atoms with E-state index in [4.69, 9.17) is 10.8 Å². The number of nitrogen functional groups attached to an aromatic ring is 1. The predicted molar refractivity (Wildman–Crippen MR) is 117 cm³/mol. The largest absolute Gasteiger partial charge is 0.395 e. The van der Waals surface area contributed by atoms with Crippen LogP contribution in [0.4, 0.5) is 31.1 Å². The monoisotopic (exact) mass is 431 g/mol. The van der Waals surface area contributed by atoms with E-state index in [0.29, 0.717) is 10.0 Å². The minimum atomic E-state index is -0.666. The Morgan fingerprint density at radius 1 is 1.07 bits per heavy atom. The third-order valence-corrected chi connectivity index (χ3v) is 6.12. The van der Waals surface area contributed by atoms with Crippen LogP contribution in [-0.4, -0.2) is 54.3 Å². The van der Waals surface area contributed by atoms with Crippen molar-refractivity contribution in [2.75, 3.05) is 55.3 Å². The van der Waals surface area contributed by atoms with E-state index in [1.807, 2.05) is 24.3 Å². The summed E-state index contributed by atoms with van der Waals surface area (Å²) in [5, 5.41) is 12.8. The van der Waals surface area contributed by atoms with Crippen LogP contribution < -0.4 is 16.0 Å². The van der Waals surface area contributed by atoms with Gasteiger partial charge in [0.25, 0.3) is 0 Å². The van der Waals surface area contributed by atoms with Gasteiger partial charge >= 0.3 is 0 Å². The van der Waals surface area contributed by atoms with Crippen LogP contribution in [0.5, 0.6) is 0 Å². The van der Waals surface area contributed by atoms with Crippen LogP contribution >= 0.6 is 11.3 Å². The van der Waals surface area contributed by atoms with E-state index in [9.17, 15) is 8.78 Å². The molecule has 0 radical (unpaired) electrons. The highest BCUT2D eigenvalue weighted by molar-refractivity contribution is 7.19. The number of hydrogen-bond donors (Lipinski definition) is 3. The van der Waals surface area contributed by atoms with Gasteiger partial charge in [-0.05, 0) is 36.4 Å². The Bertz CT molecular complexity index is 1000. The van der Waals surface area contributed by atoms with Gasteiger partial charge in [-0.3, -0.25) is 4.90 Å². The van der Waals surface area contributed by atoms with Crippen LogP contribution in [0.15, 0.2) is 42.5 Å². The molecule has 6 nitrogen and oxygen atoms in total. The molecule has 1 saturated heterocycles. The van der Waals surface area contributed by atoms with Crippen molar-refractivity contribution >= 4 is 33.7 Å². The van der Waals surface area contributed by atoms with Gasteiger partial charge in [0.2, 0.25) is 0 Å². The fourth-order valence-electron chi connectivity index (χ4n) is 3.50. The zero-order valence-electron chi connectivity index (χ0n) is 16.3. The van der Waals surface area contributed by atoms with Crippen molar-refractivity contribution < 1.29 is 13.9 Å². The van der Waals surface area contributed by atoms with Crippen molar-refractivity contribution in [2.45, 2.75) is 0 Å². The molecule has 2 heterocycles. The molecule has 4 rings (SSSR count). The van der Waals surface area contributed by atoms with Crippen molar-refractivity contribution in [1.29, 1.82) is 0 Å². The highest BCUT2D eigenvalue weighted by atomic mass is 32.1. The van der Waals surface area contributed by atoms with E-state index in [0.717, 1.165) is 50.2 Å². The van der Waals surface area contributed by atoms with Gasteiger partial charge in [0.05, 0.1) is 11.5 Å². The number of benzene rings is 2. The Kier molecular flexibility index (Phi) is 6.12. The van der Waals surface area contributed by atoms with Crippen molar-refractivity contribution in [3.63, 3.8) is 0 Å². The predicted octanol–water partition coefficient (Wildman–Crippen LogP) is 3.53. The number of aliphatic hydroxyl groups is 1.